The summed E-state index contributed by atoms with van der Waals surface area (Å²) in [5, 5.41) is 0. The molecule has 0 aromatic heterocycles. The van der Waals surface area contributed by atoms with Crippen molar-refractivity contribution in [2.75, 3.05) is 0 Å². The van der Waals surface area contributed by atoms with Gasteiger partial charge in [-0.2, -0.15) is 0 Å². The maximum absolute atomic E-state index is 11.4. The number of carbonyl (C=O) groups excluding carboxylic acids is 2. The van der Waals surface area contributed by atoms with Crippen LogP contribution in [0.25, 0.3) is 6.08 Å². The normalized spacial score (nSPS) is 8.93. The maximum atomic E-state index is 11.4. The van der Waals surface area contributed by atoms with Gasteiger partial charge in [-0.05, 0) is 25.5 Å². The molecule has 0 aliphatic heterocycles. The molecule has 1 aromatic carbocycles. The van der Waals surface area contributed by atoms with Crippen LogP contribution in [0.1, 0.15) is 29.8 Å². The highest BCUT2D eigenvalue weighted by molar-refractivity contribution is 6.00. The molecule has 0 unspecified atom stereocenters. The lowest BCUT2D eigenvalue weighted by molar-refractivity contribution is 0.100. The van der Waals surface area contributed by atoms with Crippen molar-refractivity contribution in [3.8, 4) is 0 Å². The molecule has 3 nitrogen and oxygen atoms in total. The maximum Gasteiger partial charge on any atom is 0.288 e. The van der Waals surface area contributed by atoms with Gasteiger partial charge in [-0.1, -0.05) is 29.8 Å². The largest absolute Gasteiger partial charge is 0.288 e. The summed E-state index contributed by atoms with van der Waals surface area (Å²) in [6.07, 6.45) is 3.12. The summed E-state index contributed by atoms with van der Waals surface area (Å²) < 4.78 is 0. The molecule has 1 aromatic rings. The van der Waals surface area contributed by atoms with Gasteiger partial charge < -0.3 is 0 Å². The molecule has 0 N–H and O–H groups in total. The number of hydrogen-bond acceptors (Lipinski definition) is 2. The van der Waals surface area contributed by atoms with Crippen molar-refractivity contribution in [2.45, 2.75) is 13.8 Å². The van der Waals surface area contributed by atoms with Crippen molar-refractivity contribution >= 4 is 18.1 Å². The van der Waals surface area contributed by atoms with E-state index < -0.39 is 5.91 Å². The Kier molecular flexibility index (Phi) is 3.72. The molecule has 0 heterocycles. The van der Waals surface area contributed by atoms with E-state index in [1.807, 2.05) is 26.0 Å². The third-order valence-electron chi connectivity index (χ3n) is 1.78. The highest BCUT2D eigenvalue weighted by atomic mass is 16.2. The molecular formula is C12H11NO2. The van der Waals surface area contributed by atoms with Gasteiger partial charge in [-0.25, -0.2) is 4.79 Å². The van der Waals surface area contributed by atoms with E-state index in [9.17, 15) is 9.59 Å². The molecule has 0 radical (unpaired) electrons. The lowest BCUT2D eigenvalue weighted by Gasteiger charge is -2.00. The van der Waals surface area contributed by atoms with Crippen molar-refractivity contribution in [3.63, 3.8) is 0 Å². The summed E-state index contributed by atoms with van der Waals surface area (Å²) in [6, 6.07) is 7.00. The standard InChI is InChI=1S/C12H11NO2/c1-9(2)7-10-5-3-4-6-11(10)12(15)13-8-14/h3-7H,1-2H3. The summed E-state index contributed by atoms with van der Waals surface area (Å²) in [5.74, 6) is -0.557. The van der Waals surface area contributed by atoms with Gasteiger partial charge in [0.25, 0.3) is 5.91 Å². The van der Waals surface area contributed by atoms with Crippen LogP contribution in [0.5, 0.6) is 0 Å². The highest BCUT2D eigenvalue weighted by Gasteiger charge is 2.07. The molecule has 1 amide bonds. The molecule has 0 bridgehead atoms. The van der Waals surface area contributed by atoms with Gasteiger partial charge in [0, 0.05) is 5.56 Å². The zero-order chi connectivity index (χ0) is 11.3. The summed E-state index contributed by atoms with van der Waals surface area (Å²) in [5.41, 5.74) is 2.26. The Morgan fingerprint density at radius 2 is 2.00 bits per heavy atom. The third-order valence-corrected chi connectivity index (χ3v) is 1.78. The van der Waals surface area contributed by atoms with Crippen molar-refractivity contribution in [2.24, 2.45) is 4.99 Å². The van der Waals surface area contributed by atoms with Crippen LogP contribution in [0, 0.1) is 0 Å². The Labute approximate surface area is 88.1 Å². The third kappa shape index (κ3) is 3.01. The molecule has 76 valence electrons. The SMILES string of the molecule is CC(C)=Cc1ccccc1C(=O)N=C=O. The second kappa shape index (κ2) is 5.03. The average molecular weight is 201 g/mol. The van der Waals surface area contributed by atoms with Crippen LogP contribution in [-0.2, 0) is 4.79 Å². The first-order chi connectivity index (χ1) is 7.15. The van der Waals surface area contributed by atoms with Gasteiger partial charge in [0.15, 0.2) is 0 Å². The number of carbonyl (C=O) groups is 1. The van der Waals surface area contributed by atoms with Crippen molar-refractivity contribution in [3.05, 3.63) is 41.0 Å². The predicted molar refractivity (Wildman–Crippen MR) is 58.2 cm³/mol. The molecule has 0 spiro atoms. The molecule has 0 fully saturated rings. The van der Waals surface area contributed by atoms with E-state index in [-0.39, 0.29) is 0 Å². The van der Waals surface area contributed by atoms with E-state index in [0.717, 1.165) is 11.1 Å². The minimum absolute atomic E-state index is 0.419. The molecule has 0 atom stereocenters. The van der Waals surface area contributed by atoms with Gasteiger partial charge >= 0.3 is 0 Å². The number of aliphatic imine (C=N–C) groups is 1. The second-order valence-electron chi connectivity index (χ2n) is 3.32. The lowest BCUT2D eigenvalue weighted by atomic mass is 10.1. The monoisotopic (exact) mass is 201 g/mol. The Bertz CT molecular complexity index is 450. The van der Waals surface area contributed by atoms with E-state index in [4.69, 9.17) is 0 Å². The van der Waals surface area contributed by atoms with E-state index in [1.54, 1.807) is 18.2 Å². The summed E-state index contributed by atoms with van der Waals surface area (Å²) in [6.45, 7) is 3.87. The van der Waals surface area contributed by atoms with E-state index >= 15 is 0 Å². The smallest absolute Gasteiger partial charge is 0.266 e. The molecule has 0 saturated carbocycles. The molecule has 0 aliphatic rings. The first-order valence-corrected chi connectivity index (χ1v) is 4.51. The topological polar surface area (TPSA) is 46.5 Å². The van der Waals surface area contributed by atoms with Gasteiger partial charge in [0.2, 0.25) is 6.08 Å². The van der Waals surface area contributed by atoms with Crippen LogP contribution < -0.4 is 0 Å². The average Bonchev–Trinajstić information content (AvgIpc) is 2.18. The number of amides is 1. The Balaban J connectivity index is 3.23. The van der Waals surface area contributed by atoms with Crippen molar-refractivity contribution < 1.29 is 9.59 Å². The van der Waals surface area contributed by atoms with Crippen LogP contribution in [-0.4, -0.2) is 12.0 Å². The summed E-state index contributed by atoms with van der Waals surface area (Å²) in [4.78, 5) is 24.5. The van der Waals surface area contributed by atoms with Gasteiger partial charge in [-0.15, -0.1) is 4.99 Å². The Hall–Kier alpha value is -1.99. The number of allylic oxidation sites excluding steroid dienone is 1. The van der Waals surface area contributed by atoms with E-state index in [0.29, 0.717) is 5.56 Å². The molecule has 0 saturated heterocycles. The molecule has 0 aliphatic carbocycles. The quantitative estimate of drug-likeness (QED) is 0.545. The van der Waals surface area contributed by atoms with Gasteiger partial charge in [-0.3, -0.25) is 4.79 Å². The van der Waals surface area contributed by atoms with Crippen LogP contribution >= 0.6 is 0 Å². The Morgan fingerprint density at radius 1 is 1.33 bits per heavy atom. The number of isocyanates is 1. The van der Waals surface area contributed by atoms with Crippen molar-refractivity contribution in [1.29, 1.82) is 0 Å². The zero-order valence-corrected chi connectivity index (χ0v) is 8.65. The van der Waals surface area contributed by atoms with E-state index in [2.05, 4.69) is 4.99 Å². The molecule has 1 rings (SSSR count). The van der Waals surface area contributed by atoms with Gasteiger partial charge in [0.05, 0.1) is 0 Å². The summed E-state index contributed by atoms with van der Waals surface area (Å²) in [7, 11) is 0. The molecular weight excluding hydrogens is 190 g/mol. The molecule has 3 heteroatoms. The fourth-order valence-corrected chi connectivity index (χ4v) is 1.23. The van der Waals surface area contributed by atoms with Gasteiger partial charge in [0.1, 0.15) is 0 Å². The van der Waals surface area contributed by atoms with E-state index in [1.165, 1.54) is 6.08 Å². The Morgan fingerprint density at radius 3 is 2.60 bits per heavy atom. The highest BCUT2D eigenvalue weighted by Crippen LogP contribution is 2.13. The predicted octanol–water partition coefficient (Wildman–Crippen LogP) is 2.59. The number of nitrogens with zero attached hydrogens (tertiary/aromatic N) is 1. The fourth-order valence-electron chi connectivity index (χ4n) is 1.23. The first-order valence-electron chi connectivity index (χ1n) is 4.51. The first kappa shape index (κ1) is 11.1. The minimum atomic E-state index is -0.557. The second-order valence-corrected chi connectivity index (χ2v) is 3.32. The zero-order valence-electron chi connectivity index (χ0n) is 8.65. The minimum Gasteiger partial charge on any atom is -0.266 e. The number of benzene rings is 1. The van der Waals surface area contributed by atoms with Crippen LogP contribution in [0.2, 0.25) is 0 Å². The number of hydrogen-bond donors (Lipinski definition) is 0. The number of rotatable bonds is 2. The van der Waals surface area contributed by atoms with Crippen molar-refractivity contribution in [1.82, 2.24) is 0 Å². The lowest BCUT2D eigenvalue weighted by Crippen LogP contribution is -1.97. The van der Waals surface area contributed by atoms with Crippen LogP contribution in [0.3, 0.4) is 0 Å². The summed E-state index contributed by atoms with van der Waals surface area (Å²) >= 11 is 0. The molecule has 15 heavy (non-hydrogen) atoms. The fraction of sp³-hybridized carbons (Fsp3) is 0.167. The van der Waals surface area contributed by atoms with Crippen LogP contribution in [0.15, 0.2) is 34.8 Å². The van der Waals surface area contributed by atoms with Crippen LogP contribution in [0.4, 0.5) is 0 Å².